The molecule has 5 rings (SSSR count). The summed E-state index contributed by atoms with van der Waals surface area (Å²) in [7, 11) is 0. The van der Waals surface area contributed by atoms with Crippen molar-refractivity contribution in [2.24, 2.45) is 0 Å². The van der Waals surface area contributed by atoms with Gasteiger partial charge < -0.3 is 5.11 Å². The van der Waals surface area contributed by atoms with Crippen LogP contribution in [0.5, 0.6) is 0 Å². The number of aliphatic hydroxyl groups excluding tert-OH is 1. The van der Waals surface area contributed by atoms with E-state index >= 15 is 0 Å². The van der Waals surface area contributed by atoms with Crippen LogP contribution in [0.4, 0.5) is 0 Å². The fourth-order valence-electron chi connectivity index (χ4n) is 3.85. The largest absolute Gasteiger partial charge is 0.388 e. The predicted molar refractivity (Wildman–Crippen MR) is 128 cm³/mol. The molecular weight excluding hydrogens is 428 g/mol. The molecule has 0 aliphatic rings. The van der Waals surface area contributed by atoms with Gasteiger partial charge in [-0.3, -0.25) is 14.3 Å². The summed E-state index contributed by atoms with van der Waals surface area (Å²) in [5.41, 5.74) is 3.86. The molecule has 0 saturated carbocycles. The van der Waals surface area contributed by atoms with Crippen molar-refractivity contribution in [3.8, 4) is 23.0 Å². The molecule has 1 N–H and O–H groups in total. The third-order valence-electron chi connectivity index (χ3n) is 5.83. The quantitative estimate of drug-likeness (QED) is 0.417. The molecule has 0 saturated heterocycles. The average Bonchev–Trinajstić information content (AvgIpc) is 2.88. The minimum Gasteiger partial charge on any atom is -0.388 e. The highest BCUT2D eigenvalue weighted by Crippen LogP contribution is 2.28. The number of nitrogens with zero attached hydrogens (tertiary/aromatic N) is 6. The molecule has 0 bridgehead atoms. The van der Waals surface area contributed by atoms with E-state index in [1.165, 1.54) is 6.07 Å². The molecule has 5 aromatic rings. The van der Waals surface area contributed by atoms with Crippen LogP contribution in [0.1, 0.15) is 25.2 Å². The summed E-state index contributed by atoms with van der Waals surface area (Å²) in [6.07, 6.45) is 4.93. The molecule has 0 atom stereocenters. The van der Waals surface area contributed by atoms with Gasteiger partial charge in [0.1, 0.15) is 12.1 Å². The Labute approximate surface area is 194 Å². The molecular formula is C26H20N6O2. The van der Waals surface area contributed by atoms with Crippen molar-refractivity contribution in [2.45, 2.75) is 25.9 Å². The molecule has 8 nitrogen and oxygen atoms in total. The molecule has 0 fully saturated rings. The molecule has 0 radical (unpaired) electrons. The average molecular weight is 448 g/mol. The Morgan fingerprint density at radius 2 is 1.71 bits per heavy atom. The van der Waals surface area contributed by atoms with Gasteiger partial charge >= 0.3 is 0 Å². The Kier molecular flexibility index (Phi) is 5.11. The number of aromatic nitrogens is 5. The molecule has 166 valence electrons. The van der Waals surface area contributed by atoms with Crippen LogP contribution in [-0.2, 0) is 12.0 Å². The van der Waals surface area contributed by atoms with Crippen molar-refractivity contribution in [1.29, 1.82) is 5.26 Å². The van der Waals surface area contributed by atoms with Gasteiger partial charge in [0, 0.05) is 41.3 Å². The predicted octanol–water partition coefficient (Wildman–Crippen LogP) is 3.68. The number of hydrogen-bond donors (Lipinski definition) is 1. The molecule has 0 unspecified atom stereocenters. The van der Waals surface area contributed by atoms with Gasteiger partial charge in [-0.15, -0.1) is 0 Å². The Hall–Kier alpha value is -4.48. The van der Waals surface area contributed by atoms with Crippen LogP contribution < -0.4 is 5.56 Å². The van der Waals surface area contributed by atoms with Gasteiger partial charge in [0.05, 0.1) is 28.2 Å². The summed E-state index contributed by atoms with van der Waals surface area (Å²) in [5, 5.41) is 19.4. The number of hydrogen-bond acceptors (Lipinski definition) is 7. The zero-order valence-corrected chi connectivity index (χ0v) is 18.6. The highest BCUT2D eigenvalue weighted by atomic mass is 16.3. The van der Waals surface area contributed by atoms with Crippen LogP contribution in [0.2, 0.25) is 0 Å². The van der Waals surface area contributed by atoms with Crippen LogP contribution >= 0.6 is 0 Å². The number of fused-ring (bicyclic) bond motifs is 3. The fraction of sp³-hybridized carbons (Fsp3) is 0.154. The lowest BCUT2D eigenvalue weighted by Gasteiger charge is -2.17. The number of nitriles is 1. The van der Waals surface area contributed by atoms with E-state index in [0.29, 0.717) is 39.3 Å². The van der Waals surface area contributed by atoms with Crippen LogP contribution in [0.3, 0.4) is 0 Å². The summed E-state index contributed by atoms with van der Waals surface area (Å²) < 4.78 is 1.62. The highest BCUT2D eigenvalue weighted by molar-refractivity contribution is 6.02. The van der Waals surface area contributed by atoms with Crippen molar-refractivity contribution >= 4 is 21.9 Å². The smallest absolute Gasteiger partial charge is 0.255 e. The minimum atomic E-state index is -0.636. The lowest BCUT2D eigenvalue weighted by Crippen LogP contribution is -2.19. The maximum Gasteiger partial charge on any atom is 0.255 e. The molecule has 0 amide bonds. The fourth-order valence-corrected chi connectivity index (χ4v) is 3.85. The van der Waals surface area contributed by atoms with E-state index in [-0.39, 0.29) is 12.2 Å². The van der Waals surface area contributed by atoms with E-state index in [2.05, 4.69) is 21.0 Å². The second-order valence-electron chi connectivity index (χ2n) is 8.46. The van der Waals surface area contributed by atoms with Crippen molar-refractivity contribution < 1.29 is 5.11 Å². The molecule has 0 spiro atoms. The third kappa shape index (κ3) is 3.58. The summed E-state index contributed by atoms with van der Waals surface area (Å²) in [6.45, 7) is 3.47. The lowest BCUT2D eigenvalue weighted by atomic mass is 9.86. The Bertz CT molecular complexity index is 1630. The van der Waals surface area contributed by atoms with Crippen LogP contribution in [0.25, 0.3) is 38.9 Å². The minimum absolute atomic E-state index is 0.199. The summed E-state index contributed by atoms with van der Waals surface area (Å²) in [6, 6.07) is 16.6. The molecule has 8 heteroatoms. The van der Waals surface area contributed by atoms with E-state index in [1.807, 2.05) is 50.2 Å². The highest BCUT2D eigenvalue weighted by Gasteiger charge is 2.20. The summed E-state index contributed by atoms with van der Waals surface area (Å²) in [4.78, 5) is 30.7. The van der Waals surface area contributed by atoms with Crippen molar-refractivity contribution in [3.05, 3.63) is 88.9 Å². The van der Waals surface area contributed by atoms with E-state index in [0.717, 1.165) is 10.9 Å². The maximum absolute atomic E-state index is 13.1. The second kappa shape index (κ2) is 8.14. The second-order valence-corrected chi connectivity index (χ2v) is 8.46. The third-order valence-corrected chi connectivity index (χ3v) is 5.83. The normalized spacial score (nSPS) is 11.6. The molecule has 0 aliphatic heterocycles. The van der Waals surface area contributed by atoms with Gasteiger partial charge in [-0.2, -0.15) is 5.26 Å². The SMILES string of the molecule is CC(C)(C#N)c1ccc(-n2c(=O)ccc3cnc4ccc(-c5cnc(CO)nc5)nc4c32)cc1. The number of benzene rings is 1. The molecule has 34 heavy (non-hydrogen) atoms. The van der Waals surface area contributed by atoms with Crippen LogP contribution in [0.15, 0.2) is 71.9 Å². The first-order valence-corrected chi connectivity index (χ1v) is 10.7. The van der Waals surface area contributed by atoms with Gasteiger partial charge in [-0.05, 0) is 49.7 Å². The van der Waals surface area contributed by atoms with E-state index < -0.39 is 5.41 Å². The first kappa shape index (κ1) is 21.4. The first-order chi connectivity index (χ1) is 16.4. The molecule has 1 aromatic carbocycles. The standard InChI is InChI=1S/C26H20N6O2/c1-26(2,15-27)18-4-6-19(7-5-18)32-23(34)10-3-16-11-28-21-9-8-20(31-24(21)25(16)32)17-12-29-22(14-33)30-13-17/h3-13,33H,14H2,1-2H3. The summed E-state index contributed by atoms with van der Waals surface area (Å²) >= 11 is 0. The van der Waals surface area contributed by atoms with E-state index in [1.54, 1.807) is 29.2 Å². The Balaban J connectivity index is 1.75. The van der Waals surface area contributed by atoms with Gasteiger partial charge in [-0.1, -0.05) is 12.1 Å². The van der Waals surface area contributed by atoms with Crippen molar-refractivity contribution in [1.82, 2.24) is 24.5 Å². The Morgan fingerprint density at radius 3 is 2.38 bits per heavy atom. The number of rotatable bonds is 4. The monoisotopic (exact) mass is 448 g/mol. The molecule has 0 aliphatic carbocycles. The van der Waals surface area contributed by atoms with E-state index in [4.69, 9.17) is 4.98 Å². The number of pyridine rings is 3. The number of aliphatic hydroxyl groups is 1. The first-order valence-electron chi connectivity index (χ1n) is 10.7. The van der Waals surface area contributed by atoms with Gasteiger partial charge in [0.15, 0.2) is 5.82 Å². The molecule has 4 aromatic heterocycles. The van der Waals surface area contributed by atoms with Gasteiger partial charge in [0.25, 0.3) is 5.56 Å². The van der Waals surface area contributed by atoms with Crippen molar-refractivity contribution in [3.63, 3.8) is 0 Å². The zero-order chi connectivity index (χ0) is 23.9. The lowest BCUT2D eigenvalue weighted by molar-refractivity contribution is 0.271. The molecule has 4 heterocycles. The summed E-state index contributed by atoms with van der Waals surface area (Å²) in [5.74, 6) is 0.327. The Morgan fingerprint density at radius 1 is 0.971 bits per heavy atom. The topological polar surface area (TPSA) is 118 Å². The van der Waals surface area contributed by atoms with Crippen molar-refractivity contribution in [2.75, 3.05) is 0 Å². The van der Waals surface area contributed by atoms with Crippen LogP contribution in [0, 0.1) is 11.3 Å². The zero-order valence-electron chi connectivity index (χ0n) is 18.6. The van der Waals surface area contributed by atoms with Gasteiger partial charge in [-0.25, -0.2) is 15.0 Å². The maximum atomic E-state index is 13.1. The van der Waals surface area contributed by atoms with Gasteiger partial charge in [0.2, 0.25) is 0 Å². The van der Waals surface area contributed by atoms with Crippen LogP contribution in [-0.4, -0.2) is 29.6 Å². The van der Waals surface area contributed by atoms with E-state index in [9.17, 15) is 15.2 Å².